The fourth-order valence-electron chi connectivity index (χ4n) is 7.66. The number of halogens is 1. The minimum atomic E-state index is -0.651. The van der Waals surface area contributed by atoms with Gasteiger partial charge < -0.3 is 20.3 Å². The molecule has 1 saturated heterocycles. The van der Waals surface area contributed by atoms with Gasteiger partial charge in [0.25, 0.3) is 0 Å². The fourth-order valence-corrected chi connectivity index (χ4v) is 7.66. The van der Waals surface area contributed by atoms with Crippen LogP contribution in [-0.2, 0) is 14.3 Å². The predicted octanol–water partition coefficient (Wildman–Crippen LogP) is 5.65. The van der Waals surface area contributed by atoms with Crippen molar-refractivity contribution in [1.29, 1.82) is 0 Å². The number of alkyl halides is 1. The van der Waals surface area contributed by atoms with Crippen LogP contribution in [0.1, 0.15) is 91.4 Å². The first-order chi connectivity index (χ1) is 19.3. The van der Waals surface area contributed by atoms with Crippen LogP contribution in [0, 0.1) is 17.8 Å². The van der Waals surface area contributed by atoms with E-state index in [1.54, 1.807) is 11.1 Å². The quantitative estimate of drug-likeness (QED) is 0.253. The van der Waals surface area contributed by atoms with Crippen LogP contribution in [0.15, 0.2) is 34.1 Å². The zero-order valence-corrected chi connectivity index (χ0v) is 25.3. The van der Waals surface area contributed by atoms with Crippen LogP contribution >= 0.6 is 0 Å². The van der Waals surface area contributed by atoms with Crippen molar-refractivity contribution in [2.45, 2.75) is 110 Å². The number of allylic oxidation sites excluding steroid dienone is 5. The van der Waals surface area contributed by atoms with Crippen LogP contribution < -0.4 is 10.6 Å². The number of hydrogen-bond donors (Lipinski definition) is 2. The van der Waals surface area contributed by atoms with Gasteiger partial charge in [-0.1, -0.05) is 31.9 Å². The van der Waals surface area contributed by atoms with Crippen molar-refractivity contribution < 1.29 is 18.7 Å². The minimum Gasteiger partial charge on any atom is -0.469 e. The third-order valence-corrected chi connectivity index (χ3v) is 9.73. The summed E-state index contributed by atoms with van der Waals surface area (Å²) in [4.78, 5) is 26.4. The van der Waals surface area contributed by atoms with E-state index >= 15 is 0 Å². The van der Waals surface area contributed by atoms with Crippen molar-refractivity contribution in [1.82, 2.24) is 15.5 Å². The molecular weight excluding hydrogens is 505 g/mol. The van der Waals surface area contributed by atoms with Crippen LogP contribution in [-0.4, -0.2) is 68.7 Å². The van der Waals surface area contributed by atoms with Gasteiger partial charge in [0.15, 0.2) is 0 Å². The Morgan fingerprint density at radius 1 is 1.20 bits per heavy atom. The number of likely N-dealkylation sites (tertiary alicyclic amines) is 1. The molecule has 1 fully saturated rings. The van der Waals surface area contributed by atoms with Crippen molar-refractivity contribution in [3.05, 3.63) is 34.1 Å². The van der Waals surface area contributed by atoms with Gasteiger partial charge in [-0.2, -0.15) is 0 Å². The van der Waals surface area contributed by atoms with Gasteiger partial charge in [-0.25, -0.2) is 4.39 Å². The second-order valence-electron chi connectivity index (χ2n) is 12.7. The standard InChI is InChI=1S/C33H52FN3O3/c1-5-6-26-18-24(17-22(2)32(26)25-7-9-28(34)10-8-25)20-37-15-12-29(13-16-37)35-14-11-31-27(21-38)19-30(23(3)36-31)33(39)40-4/h7,21-24,28-30,35-36H,5-6,8-20H2,1-4H3/t22-,23?,24+,28?,30-/m0/s1. The first-order valence-corrected chi connectivity index (χ1v) is 15.9. The van der Waals surface area contributed by atoms with Crippen LogP contribution in [0.5, 0.6) is 0 Å². The normalized spacial score (nSPS) is 30.6. The second-order valence-corrected chi connectivity index (χ2v) is 12.7. The number of rotatable bonds is 11. The van der Waals surface area contributed by atoms with Gasteiger partial charge in [0.2, 0.25) is 0 Å². The third kappa shape index (κ3) is 7.84. The molecule has 224 valence electrons. The lowest BCUT2D eigenvalue weighted by molar-refractivity contribution is -0.146. The lowest BCUT2D eigenvalue weighted by atomic mass is 9.72. The lowest BCUT2D eigenvalue weighted by Gasteiger charge is -2.39. The van der Waals surface area contributed by atoms with Gasteiger partial charge >= 0.3 is 5.97 Å². The van der Waals surface area contributed by atoms with Crippen molar-refractivity contribution in [3.8, 4) is 0 Å². The second kappa shape index (κ2) is 14.8. The molecule has 7 heteroatoms. The Morgan fingerprint density at radius 3 is 2.62 bits per heavy atom. The van der Waals surface area contributed by atoms with E-state index in [0.29, 0.717) is 42.7 Å². The van der Waals surface area contributed by atoms with E-state index in [0.717, 1.165) is 57.3 Å². The Kier molecular flexibility index (Phi) is 11.4. The highest BCUT2D eigenvalue weighted by Crippen LogP contribution is 2.42. The van der Waals surface area contributed by atoms with Crippen LogP contribution in [0.3, 0.4) is 0 Å². The van der Waals surface area contributed by atoms with E-state index in [4.69, 9.17) is 4.74 Å². The number of carbonyl (C=O) groups is 2. The van der Waals surface area contributed by atoms with Gasteiger partial charge in [-0.05, 0) is 101 Å². The van der Waals surface area contributed by atoms with Gasteiger partial charge in [-0.3, -0.25) is 9.59 Å². The maximum absolute atomic E-state index is 13.8. The highest BCUT2D eigenvalue weighted by molar-refractivity contribution is 5.80. The van der Waals surface area contributed by atoms with E-state index in [2.05, 4.69) is 35.5 Å². The Bertz CT molecular complexity index is 981. The Hall–Kier alpha value is -1.99. The number of carbonyl (C=O) groups excluding carboxylic acids is 2. The van der Waals surface area contributed by atoms with Crippen LogP contribution in [0.2, 0.25) is 0 Å². The predicted molar refractivity (Wildman–Crippen MR) is 159 cm³/mol. The molecule has 2 aliphatic heterocycles. The first-order valence-electron chi connectivity index (χ1n) is 15.9. The van der Waals surface area contributed by atoms with Gasteiger partial charge in [-0.15, -0.1) is 0 Å². The molecular formula is C33H52FN3O3. The van der Waals surface area contributed by atoms with Crippen LogP contribution in [0.4, 0.5) is 4.39 Å². The minimum absolute atomic E-state index is 0.0393. The van der Waals surface area contributed by atoms with Gasteiger partial charge in [0, 0.05) is 42.9 Å². The fraction of sp³-hybridized carbons (Fsp3) is 0.758. The van der Waals surface area contributed by atoms with Crippen molar-refractivity contribution >= 4 is 12.3 Å². The molecule has 0 amide bonds. The summed E-state index contributed by atoms with van der Waals surface area (Å²) in [6, 6.07) is 0.466. The Labute approximate surface area is 241 Å². The van der Waals surface area contributed by atoms with Crippen molar-refractivity contribution in [2.24, 2.45) is 17.8 Å². The van der Waals surface area contributed by atoms with Crippen molar-refractivity contribution in [2.75, 3.05) is 33.3 Å². The third-order valence-electron chi connectivity index (χ3n) is 9.73. The highest BCUT2D eigenvalue weighted by atomic mass is 19.1. The summed E-state index contributed by atoms with van der Waals surface area (Å²) in [5.41, 5.74) is 6.34. The molecule has 4 rings (SSSR count). The summed E-state index contributed by atoms with van der Waals surface area (Å²) in [6.07, 6.45) is 13.0. The maximum atomic E-state index is 13.8. The zero-order chi connectivity index (χ0) is 28.6. The molecule has 5 atom stereocenters. The number of hydrogen-bond acceptors (Lipinski definition) is 6. The monoisotopic (exact) mass is 557 g/mol. The zero-order valence-electron chi connectivity index (χ0n) is 25.3. The van der Waals surface area contributed by atoms with E-state index in [1.807, 2.05) is 6.92 Å². The van der Waals surface area contributed by atoms with Gasteiger partial charge in [0.05, 0.1) is 13.0 Å². The summed E-state index contributed by atoms with van der Waals surface area (Å²) in [6.45, 7) is 10.9. The number of esters is 1. The van der Waals surface area contributed by atoms with Crippen LogP contribution in [0.25, 0.3) is 0 Å². The summed E-state index contributed by atoms with van der Waals surface area (Å²) >= 11 is 0. The molecule has 2 aliphatic carbocycles. The molecule has 0 bridgehead atoms. The molecule has 2 N–H and O–H groups in total. The maximum Gasteiger partial charge on any atom is 0.311 e. The molecule has 0 aromatic carbocycles. The summed E-state index contributed by atoms with van der Waals surface area (Å²) in [5.74, 6) is 0.713. The van der Waals surface area contributed by atoms with Crippen molar-refractivity contribution in [3.63, 3.8) is 0 Å². The Morgan fingerprint density at radius 2 is 1.98 bits per heavy atom. The van der Waals surface area contributed by atoms with E-state index < -0.39 is 6.17 Å². The molecule has 6 nitrogen and oxygen atoms in total. The molecule has 0 aromatic rings. The first kappa shape index (κ1) is 31.0. The number of ether oxygens (including phenoxy) is 1. The summed E-state index contributed by atoms with van der Waals surface area (Å²) in [5, 5.41) is 7.12. The topological polar surface area (TPSA) is 70.7 Å². The average Bonchev–Trinajstić information content (AvgIpc) is 2.94. The molecule has 2 heterocycles. The largest absolute Gasteiger partial charge is 0.469 e. The average molecular weight is 558 g/mol. The SMILES string of the molecule is CCCC1=C(C2=CCC(F)CC2)[C@@H](C)C[C@@H](CN2CCC(NCCC3=C(C=O)C[C@H](C(=O)OC)C(C)N3)CC2)C1. The van der Waals surface area contributed by atoms with Gasteiger partial charge in [0.1, 0.15) is 12.5 Å². The molecule has 0 radical (unpaired) electrons. The molecule has 0 saturated carbocycles. The molecule has 0 spiro atoms. The number of aldehydes is 1. The molecule has 0 aromatic heterocycles. The highest BCUT2D eigenvalue weighted by Gasteiger charge is 2.33. The summed E-state index contributed by atoms with van der Waals surface area (Å²) < 4.78 is 18.7. The molecule has 2 unspecified atom stereocenters. The summed E-state index contributed by atoms with van der Waals surface area (Å²) in [7, 11) is 1.40. The Balaban J connectivity index is 1.23. The molecule has 4 aliphatic rings. The number of nitrogens with zero attached hydrogens (tertiary/aromatic N) is 1. The number of nitrogens with one attached hydrogen (secondary N) is 2. The number of piperidine rings is 1. The molecule has 40 heavy (non-hydrogen) atoms. The van der Waals surface area contributed by atoms with E-state index in [9.17, 15) is 14.0 Å². The smallest absolute Gasteiger partial charge is 0.311 e. The van der Waals surface area contributed by atoms with E-state index in [-0.39, 0.29) is 17.9 Å². The number of methoxy groups -OCH3 is 1. The van der Waals surface area contributed by atoms with E-state index in [1.165, 1.54) is 44.9 Å². The lowest BCUT2D eigenvalue weighted by Crippen LogP contribution is -2.46.